The second-order valence-corrected chi connectivity index (χ2v) is 8.47. The molecular weight excluding hydrogens is 434 g/mol. The monoisotopic (exact) mass is 458 g/mol. The van der Waals surface area contributed by atoms with Crippen LogP contribution in [0.25, 0.3) is 11.1 Å². The molecule has 0 aromatic heterocycles. The van der Waals surface area contributed by atoms with Crippen LogP contribution in [0.5, 0.6) is 0 Å². The topological polar surface area (TPSA) is 105 Å². The van der Waals surface area contributed by atoms with Crippen LogP contribution in [-0.4, -0.2) is 48.2 Å². The number of rotatable bonds is 8. The number of benzene rings is 2. The van der Waals surface area contributed by atoms with Gasteiger partial charge in [-0.25, -0.2) is 13.6 Å². The molecule has 2 aromatic rings. The van der Waals surface area contributed by atoms with Crippen LogP contribution in [0.2, 0.25) is 0 Å². The number of hydrogen-bond donors (Lipinski definition) is 3. The van der Waals surface area contributed by atoms with Crippen molar-refractivity contribution in [3.8, 4) is 11.1 Å². The van der Waals surface area contributed by atoms with E-state index in [0.29, 0.717) is 0 Å². The van der Waals surface area contributed by atoms with Crippen LogP contribution >= 0.6 is 0 Å². The zero-order valence-electron chi connectivity index (χ0n) is 17.9. The van der Waals surface area contributed by atoms with Crippen molar-refractivity contribution in [3.63, 3.8) is 0 Å². The van der Waals surface area contributed by atoms with E-state index in [1.54, 1.807) is 0 Å². The molecule has 0 heterocycles. The van der Waals surface area contributed by atoms with Gasteiger partial charge in [-0.15, -0.1) is 0 Å². The van der Waals surface area contributed by atoms with Crippen molar-refractivity contribution in [1.29, 1.82) is 0 Å². The van der Waals surface area contributed by atoms with Gasteiger partial charge in [-0.2, -0.15) is 0 Å². The standard InChI is InChI=1S/C24H24F2N2O5/c1-13(10-20(29)30)28-22(31)21-19(24(21,25)26)11-27-23(32)33-12-18-16-8-4-2-6-14(16)15-7-3-5-9-17(15)18/h2-9,13,18-19,21H,10-12H2,1H3,(H,27,32)(H,28,31)(H,29,30). The largest absolute Gasteiger partial charge is 0.481 e. The predicted octanol–water partition coefficient (Wildman–Crippen LogP) is 3.39. The van der Waals surface area contributed by atoms with Gasteiger partial charge in [-0.3, -0.25) is 9.59 Å². The Labute approximate surface area is 189 Å². The van der Waals surface area contributed by atoms with Gasteiger partial charge >= 0.3 is 12.1 Å². The quantitative estimate of drug-likeness (QED) is 0.563. The lowest BCUT2D eigenvalue weighted by molar-refractivity contribution is -0.137. The van der Waals surface area contributed by atoms with Gasteiger partial charge in [0.15, 0.2) is 0 Å². The summed E-state index contributed by atoms with van der Waals surface area (Å²) in [6.07, 6.45) is -1.20. The van der Waals surface area contributed by atoms with Crippen molar-refractivity contribution in [3.05, 3.63) is 59.7 Å². The summed E-state index contributed by atoms with van der Waals surface area (Å²) in [5, 5.41) is 13.3. The zero-order chi connectivity index (χ0) is 23.8. The maximum absolute atomic E-state index is 14.1. The number of fused-ring (bicyclic) bond motifs is 3. The Morgan fingerprint density at radius 1 is 1.06 bits per heavy atom. The summed E-state index contributed by atoms with van der Waals surface area (Å²) in [6, 6.07) is 14.9. The molecule has 0 aliphatic heterocycles. The lowest BCUT2D eigenvalue weighted by Gasteiger charge is -2.14. The second kappa shape index (κ2) is 8.80. The third kappa shape index (κ3) is 4.53. The summed E-state index contributed by atoms with van der Waals surface area (Å²) in [4.78, 5) is 35.0. The summed E-state index contributed by atoms with van der Waals surface area (Å²) >= 11 is 0. The van der Waals surface area contributed by atoms with E-state index in [4.69, 9.17) is 9.84 Å². The van der Waals surface area contributed by atoms with Gasteiger partial charge in [0, 0.05) is 18.5 Å². The van der Waals surface area contributed by atoms with Crippen molar-refractivity contribution >= 4 is 18.0 Å². The molecule has 7 nitrogen and oxygen atoms in total. The number of aliphatic carboxylic acids is 1. The molecule has 1 saturated carbocycles. The first-order chi connectivity index (χ1) is 15.7. The molecule has 2 aliphatic carbocycles. The van der Waals surface area contributed by atoms with Crippen molar-refractivity contribution in [2.75, 3.05) is 13.2 Å². The number of alkyl carbamates (subject to hydrolysis) is 1. The number of ether oxygens (including phenoxy) is 1. The Kier molecular flexibility index (Phi) is 6.05. The molecule has 3 N–H and O–H groups in total. The summed E-state index contributed by atoms with van der Waals surface area (Å²) in [5.74, 6) is -8.46. The Morgan fingerprint density at radius 3 is 2.21 bits per heavy atom. The molecule has 1 fully saturated rings. The summed E-state index contributed by atoms with van der Waals surface area (Å²) in [7, 11) is 0. The van der Waals surface area contributed by atoms with E-state index in [-0.39, 0.29) is 18.9 Å². The molecule has 33 heavy (non-hydrogen) atoms. The first kappa shape index (κ1) is 22.7. The van der Waals surface area contributed by atoms with E-state index in [1.807, 2.05) is 48.5 Å². The molecule has 0 bridgehead atoms. The fourth-order valence-corrected chi connectivity index (χ4v) is 4.49. The van der Waals surface area contributed by atoms with Crippen molar-refractivity contribution in [2.45, 2.75) is 31.2 Å². The van der Waals surface area contributed by atoms with E-state index >= 15 is 0 Å². The van der Waals surface area contributed by atoms with Gasteiger partial charge in [0.25, 0.3) is 5.92 Å². The third-order valence-electron chi connectivity index (χ3n) is 6.16. The molecule has 3 atom stereocenters. The number of hydrogen-bond acceptors (Lipinski definition) is 4. The highest BCUT2D eigenvalue weighted by Crippen LogP contribution is 2.55. The number of nitrogens with one attached hydrogen (secondary N) is 2. The van der Waals surface area contributed by atoms with Gasteiger partial charge in [0.05, 0.1) is 12.3 Å². The average molecular weight is 458 g/mol. The molecule has 0 spiro atoms. The minimum atomic E-state index is -3.27. The van der Waals surface area contributed by atoms with Crippen LogP contribution < -0.4 is 10.6 Å². The fraction of sp³-hybridized carbons (Fsp3) is 0.375. The molecule has 2 amide bonds. The number of amides is 2. The van der Waals surface area contributed by atoms with Gasteiger partial charge < -0.3 is 20.5 Å². The van der Waals surface area contributed by atoms with Gasteiger partial charge in [0.2, 0.25) is 5.91 Å². The number of carboxylic acids is 1. The lowest BCUT2D eigenvalue weighted by Crippen LogP contribution is -2.36. The molecule has 0 radical (unpaired) electrons. The molecular formula is C24H24F2N2O5. The maximum Gasteiger partial charge on any atom is 0.407 e. The normalized spacial score (nSPS) is 20.8. The molecule has 2 aliphatic rings. The molecule has 3 unspecified atom stereocenters. The molecule has 2 aromatic carbocycles. The van der Waals surface area contributed by atoms with Gasteiger partial charge in [-0.1, -0.05) is 48.5 Å². The number of halogens is 2. The smallest absolute Gasteiger partial charge is 0.407 e. The zero-order valence-corrected chi connectivity index (χ0v) is 17.9. The van der Waals surface area contributed by atoms with Crippen molar-refractivity contribution < 1.29 is 33.0 Å². The van der Waals surface area contributed by atoms with Gasteiger partial charge in [0.1, 0.15) is 12.5 Å². The van der Waals surface area contributed by atoms with Gasteiger partial charge in [-0.05, 0) is 29.2 Å². The van der Waals surface area contributed by atoms with Crippen LogP contribution in [0.4, 0.5) is 13.6 Å². The van der Waals surface area contributed by atoms with E-state index in [0.717, 1.165) is 22.3 Å². The Bertz CT molecular complexity index is 1040. The van der Waals surface area contributed by atoms with Crippen LogP contribution in [0.3, 0.4) is 0 Å². The highest BCUT2D eigenvalue weighted by molar-refractivity contribution is 5.84. The number of carboxylic acid groups (broad SMARTS) is 1. The van der Waals surface area contributed by atoms with E-state index in [2.05, 4.69) is 10.6 Å². The van der Waals surface area contributed by atoms with Crippen LogP contribution in [0.15, 0.2) is 48.5 Å². The molecule has 4 rings (SSSR count). The van der Waals surface area contributed by atoms with Crippen molar-refractivity contribution in [2.24, 2.45) is 11.8 Å². The molecule has 0 saturated heterocycles. The summed E-state index contributed by atoms with van der Waals surface area (Å²) in [5.41, 5.74) is 4.22. The number of alkyl halides is 2. The second-order valence-electron chi connectivity index (χ2n) is 8.47. The summed E-state index contributed by atoms with van der Waals surface area (Å²) < 4.78 is 33.5. The summed E-state index contributed by atoms with van der Waals surface area (Å²) in [6.45, 7) is 1.06. The van der Waals surface area contributed by atoms with Crippen molar-refractivity contribution in [1.82, 2.24) is 10.6 Å². The lowest BCUT2D eigenvalue weighted by atomic mass is 9.98. The number of carbonyl (C=O) groups is 3. The first-order valence-electron chi connectivity index (χ1n) is 10.7. The third-order valence-corrected chi connectivity index (χ3v) is 6.16. The average Bonchev–Trinajstić information content (AvgIpc) is 3.17. The first-order valence-corrected chi connectivity index (χ1v) is 10.7. The highest BCUT2D eigenvalue weighted by Gasteiger charge is 2.71. The van der Waals surface area contributed by atoms with Crippen LogP contribution in [-0.2, 0) is 14.3 Å². The van der Waals surface area contributed by atoms with E-state index in [1.165, 1.54) is 6.92 Å². The minimum Gasteiger partial charge on any atom is -0.481 e. The fourth-order valence-electron chi connectivity index (χ4n) is 4.49. The van der Waals surface area contributed by atoms with Crippen LogP contribution in [0, 0.1) is 11.8 Å². The Balaban J connectivity index is 1.30. The van der Waals surface area contributed by atoms with E-state index < -0.39 is 48.3 Å². The molecule has 9 heteroatoms. The van der Waals surface area contributed by atoms with E-state index in [9.17, 15) is 23.2 Å². The highest BCUT2D eigenvalue weighted by atomic mass is 19.3. The van der Waals surface area contributed by atoms with Crippen LogP contribution in [0.1, 0.15) is 30.4 Å². The number of carbonyl (C=O) groups excluding carboxylic acids is 2. The predicted molar refractivity (Wildman–Crippen MR) is 115 cm³/mol. The molecule has 174 valence electrons. The maximum atomic E-state index is 14.1. The minimum absolute atomic E-state index is 0.0531. The Morgan fingerprint density at radius 2 is 1.64 bits per heavy atom. The SMILES string of the molecule is CC(CC(=O)O)NC(=O)C1C(CNC(=O)OCC2c3ccccc3-c3ccccc32)C1(F)F. The Hall–Kier alpha value is -3.49.